The zero-order chi connectivity index (χ0) is 19.8. The Morgan fingerprint density at radius 1 is 0.897 bits per heavy atom. The van der Waals surface area contributed by atoms with Crippen LogP contribution in [0.5, 0.6) is 0 Å². The monoisotopic (exact) mass is 379 g/mol. The fourth-order valence-electron chi connectivity index (χ4n) is 4.25. The van der Waals surface area contributed by atoms with Gasteiger partial charge in [0.2, 0.25) is 0 Å². The molecule has 2 heterocycles. The van der Waals surface area contributed by atoms with E-state index in [-0.39, 0.29) is 11.9 Å². The number of nitrogens with zero attached hydrogens (tertiary/aromatic N) is 3. The number of pyridine rings is 1. The molecule has 0 radical (unpaired) electrons. The summed E-state index contributed by atoms with van der Waals surface area (Å²) in [5.41, 5.74) is 3.86. The van der Waals surface area contributed by atoms with Crippen LogP contribution in [0.15, 0.2) is 91.1 Å². The Hall–Kier alpha value is -3.50. The van der Waals surface area contributed by atoms with Crippen LogP contribution in [0.1, 0.15) is 27.7 Å². The number of amides is 1. The van der Waals surface area contributed by atoms with Crippen LogP contribution in [0.2, 0.25) is 0 Å². The third-order valence-electron chi connectivity index (χ3n) is 5.54. The van der Waals surface area contributed by atoms with E-state index in [1.54, 1.807) is 0 Å². The zero-order valence-corrected chi connectivity index (χ0v) is 16.2. The molecule has 0 aliphatic carbocycles. The lowest BCUT2D eigenvalue weighted by atomic mass is 10.0. The van der Waals surface area contributed by atoms with Gasteiger partial charge < -0.3 is 0 Å². The van der Waals surface area contributed by atoms with Crippen LogP contribution in [-0.4, -0.2) is 29.5 Å². The number of benzene rings is 3. The molecule has 4 nitrogen and oxygen atoms in total. The number of carbonyl (C=O) groups is 1. The smallest absolute Gasteiger partial charge is 0.260 e. The number of rotatable bonds is 5. The lowest BCUT2D eigenvalue weighted by Crippen LogP contribution is -2.40. The van der Waals surface area contributed by atoms with Gasteiger partial charge in [-0.3, -0.25) is 19.6 Å². The molecule has 1 aliphatic heterocycles. The first-order chi connectivity index (χ1) is 14.2. The van der Waals surface area contributed by atoms with E-state index < -0.39 is 0 Å². The molecule has 4 heteroatoms. The second-order valence-electron chi connectivity index (χ2n) is 7.38. The highest BCUT2D eigenvalue weighted by atomic mass is 16.2. The SMILES string of the molecule is CN(CN1C(=O)c2cccc3cccc1c23)C(c1ccccc1)c1ccccn1. The Kier molecular flexibility index (Phi) is 4.34. The summed E-state index contributed by atoms with van der Waals surface area (Å²) in [6.45, 7) is 0.475. The minimum absolute atomic E-state index is 0.0480. The lowest BCUT2D eigenvalue weighted by Gasteiger charge is -2.32. The molecule has 0 saturated carbocycles. The Morgan fingerprint density at radius 2 is 1.66 bits per heavy atom. The summed E-state index contributed by atoms with van der Waals surface area (Å²) >= 11 is 0. The summed E-state index contributed by atoms with van der Waals surface area (Å²) in [4.78, 5) is 21.8. The third-order valence-corrected chi connectivity index (χ3v) is 5.54. The van der Waals surface area contributed by atoms with Crippen LogP contribution < -0.4 is 4.90 Å². The van der Waals surface area contributed by atoms with Crippen molar-refractivity contribution in [2.75, 3.05) is 18.6 Å². The van der Waals surface area contributed by atoms with Gasteiger partial charge >= 0.3 is 0 Å². The van der Waals surface area contributed by atoms with Crippen molar-refractivity contribution < 1.29 is 4.79 Å². The summed E-state index contributed by atoms with van der Waals surface area (Å²) in [5.74, 6) is 0.0523. The molecule has 142 valence electrons. The summed E-state index contributed by atoms with van der Waals surface area (Å²) in [5, 5.41) is 2.14. The van der Waals surface area contributed by atoms with E-state index in [0.29, 0.717) is 6.67 Å². The molecular weight excluding hydrogens is 358 g/mol. The van der Waals surface area contributed by atoms with Crippen LogP contribution in [0.3, 0.4) is 0 Å². The molecule has 1 atom stereocenters. The van der Waals surface area contributed by atoms with Crippen LogP contribution in [-0.2, 0) is 0 Å². The van der Waals surface area contributed by atoms with Crippen molar-refractivity contribution in [3.63, 3.8) is 0 Å². The Morgan fingerprint density at radius 3 is 2.41 bits per heavy atom. The van der Waals surface area contributed by atoms with E-state index in [2.05, 4.69) is 34.1 Å². The topological polar surface area (TPSA) is 36.4 Å². The van der Waals surface area contributed by atoms with E-state index in [0.717, 1.165) is 33.3 Å². The normalized spacial score (nSPS) is 14.0. The van der Waals surface area contributed by atoms with Gasteiger partial charge in [-0.25, -0.2) is 0 Å². The Labute approximate surface area is 170 Å². The maximum absolute atomic E-state index is 13.2. The largest absolute Gasteiger partial charge is 0.294 e. The molecule has 29 heavy (non-hydrogen) atoms. The first-order valence-electron chi connectivity index (χ1n) is 9.74. The van der Waals surface area contributed by atoms with Gasteiger partial charge in [-0.1, -0.05) is 60.7 Å². The summed E-state index contributed by atoms with van der Waals surface area (Å²) in [6, 6.07) is 28.3. The summed E-state index contributed by atoms with van der Waals surface area (Å²) in [7, 11) is 2.04. The molecule has 0 bridgehead atoms. The van der Waals surface area contributed by atoms with Gasteiger partial charge in [0.25, 0.3) is 5.91 Å². The first-order valence-corrected chi connectivity index (χ1v) is 9.74. The van der Waals surface area contributed by atoms with Crippen molar-refractivity contribution in [2.45, 2.75) is 6.04 Å². The molecular formula is C25H21N3O. The van der Waals surface area contributed by atoms with E-state index >= 15 is 0 Å². The van der Waals surface area contributed by atoms with E-state index in [1.807, 2.05) is 78.8 Å². The maximum Gasteiger partial charge on any atom is 0.260 e. The minimum atomic E-state index is -0.0480. The minimum Gasteiger partial charge on any atom is -0.294 e. The van der Waals surface area contributed by atoms with Gasteiger partial charge in [0.05, 0.1) is 24.1 Å². The number of anilines is 1. The molecule has 1 aromatic heterocycles. The number of hydrogen-bond donors (Lipinski definition) is 0. The molecule has 0 fully saturated rings. The lowest BCUT2D eigenvalue weighted by molar-refractivity contribution is 0.0973. The average Bonchev–Trinajstić information content (AvgIpc) is 3.04. The molecule has 0 saturated heterocycles. The standard InChI is InChI=1S/C25H21N3O/c1-27(24(19-9-3-2-4-10-19)21-14-5-6-16-26-21)17-28-22-15-8-12-18-11-7-13-20(23(18)22)25(28)29/h2-16,24H,17H2,1H3. The fraction of sp³-hybridized carbons (Fsp3) is 0.120. The van der Waals surface area contributed by atoms with Crippen LogP contribution >= 0.6 is 0 Å². The van der Waals surface area contributed by atoms with Gasteiger partial charge in [0, 0.05) is 17.1 Å². The highest BCUT2D eigenvalue weighted by Crippen LogP contribution is 2.38. The zero-order valence-electron chi connectivity index (χ0n) is 16.2. The van der Waals surface area contributed by atoms with Crippen LogP contribution in [0.25, 0.3) is 10.8 Å². The average molecular weight is 379 g/mol. The van der Waals surface area contributed by atoms with Crippen LogP contribution in [0, 0.1) is 0 Å². The number of hydrogen-bond acceptors (Lipinski definition) is 3. The Balaban J connectivity index is 1.53. The molecule has 0 spiro atoms. The van der Waals surface area contributed by atoms with Gasteiger partial charge in [-0.15, -0.1) is 0 Å². The maximum atomic E-state index is 13.2. The quantitative estimate of drug-likeness (QED) is 0.496. The molecule has 3 aromatic carbocycles. The van der Waals surface area contributed by atoms with Crippen molar-refractivity contribution in [2.24, 2.45) is 0 Å². The van der Waals surface area contributed by atoms with Crippen molar-refractivity contribution in [3.8, 4) is 0 Å². The first kappa shape index (κ1) is 17.6. The van der Waals surface area contributed by atoms with Gasteiger partial charge in [0.15, 0.2) is 0 Å². The van der Waals surface area contributed by atoms with Crippen molar-refractivity contribution in [1.82, 2.24) is 9.88 Å². The number of aromatic nitrogens is 1. The highest BCUT2D eigenvalue weighted by molar-refractivity contribution is 6.24. The molecule has 1 unspecified atom stereocenters. The molecule has 4 aromatic rings. The van der Waals surface area contributed by atoms with Gasteiger partial charge in [0.1, 0.15) is 0 Å². The van der Waals surface area contributed by atoms with Gasteiger partial charge in [-0.05, 0) is 42.3 Å². The predicted molar refractivity (Wildman–Crippen MR) is 116 cm³/mol. The molecule has 1 aliphatic rings. The second kappa shape index (κ2) is 7.15. The van der Waals surface area contributed by atoms with E-state index in [1.165, 1.54) is 0 Å². The third kappa shape index (κ3) is 2.98. The van der Waals surface area contributed by atoms with Crippen molar-refractivity contribution >= 4 is 22.4 Å². The molecule has 5 rings (SSSR count). The van der Waals surface area contributed by atoms with Crippen molar-refractivity contribution in [1.29, 1.82) is 0 Å². The molecule has 0 N–H and O–H groups in total. The van der Waals surface area contributed by atoms with Crippen molar-refractivity contribution in [3.05, 3.63) is 108 Å². The summed E-state index contributed by atoms with van der Waals surface area (Å²) < 4.78 is 0. The van der Waals surface area contributed by atoms with Crippen LogP contribution in [0.4, 0.5) is 5.69 Å². The second-order valence-corrected chi connectivity index (χ2v) is 7.38. The summed E-state index contributed by atoms with van der Waals surface area (Å²) in [6.07, 6.45) is 1.82. The number of carbonyl (C=O) groups excluding carboxylic acids is 1. The fourth-order valence-corrected chi connectivity index (χ4v) is 4.25. The van der Waals surface area contributed by atoms with E-state index in [4.69, 9.17) is 0 Å². The predicted octanol–water partition coefficient (Wildman–Crippen LogP) is 4.87. The highest BCUT2D eigenvalue weighted by Gasteiger charge is 2.32. The molecule has 1 amide bonds. The van der Waals surface area contributed by atoms with E-state index in [9.17, 15) is 4.79 Å². The van der Waals surface area contributed by atoms with Gasteiger partial charge in [-0.2, -0.15) is 0 Å². The Bertz CT molecular complexity index is 1130.